The van der Waals surface area contributed by atoms with Crippen molar-refractivity contribution in [3.63, 3.8) is 0 Å². The number of likely N-dealkylation sites (tertiary alicyclic amines) is 1. The fourth-order valence-electron chi connectivity index (χ4n) is 1.78. The van der Waals surface area contributed by atoms with E-state index in [1.54, 1.807) is 0 Å². The molecule has 1 atom stereocenters. The van der Waals surface area contributed by atoms with Crippen molar-refractivity contribution >= 4 is 11.9 Å². The van der Waals surface area contributed by atoms with Gasteiger partial charge >= 0.3 is 0 Å². The smallest absolute Gasteiger partial charge is 0.221 e. The SMILES string of the molecule is CCC1CCCN(C(=N)N=C(N)N)C1. The van der Waals surface area contributed by atoms with Crippen molar-refractivity contribution in [2.45, 2.75) is 26.2 Å². The van der Waals surface area contributed by atoms with Crippen molar-refractivity contribution in [1.82, 2.24) is 4.90 Å². The Morgan fingerprint density at radius 3 is 2.86 bits per heavy atom. The monoisotopic (exact) mass is 197 g/mol. The molecule has 5 heteroatoms. The minimum absolute atomic E-state index is 0.0337. The van der Waals surface area contributed by atoms with Crippen molar-refractivity contribution in [2.75, 3.05) is 13.1 Å². The van der Waals surface area contributed by atoms with Crippen LogP contribution in [0.15, 0.2) is 4.99 Å². The number of nitrogens with zero attached hydrogens (tertiary/aromatic N) is 2. The first-order chi connectivity index (χ1) is 6.63. The van der Waals surface area contributed by atoms with E-state index >= 15 is 0 Å². The van der Waals surface area contributed by atoms with Crippen molar-refractivity contribution in [1.29, 1.82) is 5.41 Å². The third-order valence-electron chi connectivity index (χ3n) is 2.63. The molecule has 0 bridgehead atoms. The maximum Gasteiger partial charge on any atom is 0.221 e. The summed E-state index contributed by atoms with van der Waals surface area (Å²) in [7, 11) is 0. The highest BCUT2D eigenvalue weighted by Crippen LogP contribution is 2.19. The zero-order valence-electron chi connectivity index (χ0n) is 8.66. The highest BCUT2D eigenvalue weighted by atomic mass is 15.3. The second-order valence-corrected chi connectivity index (χ2v) is 3.72. The summed E-state index contributed by atoms with van der Waals surface area (Å²) in [6.07, 6.45) is 3.54. The number of hydrogen-bond acceptors (Lipinski definition) is 1. The highest BCUT2D eigenvalue weighted by molar-refractivity contribution is 5.91. The van der Waals surface area contributed by atoms with E-state index in [0.29, 0.717) is 5.92 Å². The van der Waals surface area contributed by atoms with Gasteiger partial charge in [-0.15, -0.1) is 0 Å². The van der Waals surface area contributed by atoms with Crippen molar-refractivity contribution in [3.05, 3.63) is 0 Å². The summed E-state index contributed by atoms with van der Waals surface area (Å²) in [5, 5.41) is 7.66. The van der Waals surface area contributed by atoms with E-state index in [1.165, 1.54) is 6.42 Å². The lowest BCUT2D eigenvalue weighted by atomic mass is 9.96. The van der Waals surface area contributed by atoms with Crippen molar-refractivity contribution in [2.24, 2.45) is 22.4 Å². The summed E-state index contributed by atoms with van der Waals surface area (Å²) >= 11 is 0. The van der Waals surface area contributed by atoms with Gasteiger partial charge in [-0.25, -0.2) is 0 Å². The van der Waals surface area contributed by atoms with Crippen LogP contribution in [-0.2, 0) is 0 Å². The molecular weight excluding hydrogens is 178 g/mol. The minimum Gasteiger partial charge on any atom is -0.370 e. The van der Waals surface area contributed by atoms with Gasteiger partial charge in [-0.1, -0.05) is 13.3 Å². The average molecular weight is 197 g/mol. The topological polar surface area (TPSA) is 91.5 Å². The summed E-state index contributed by atoms with van der Waals surface area (Å²) in [5.74, 6) is 0.843. The van der Waals surface area contributed by atoms with E-state index in [-0.39, 0.29) is 11.9 Å². The van der Waals surface area contributed by atoms with E-state index in [0.717, 1.165) is 25.9 Å². The Hall–Kier alpha value is -1.26. The van der Waals surface area contributed by atoms with E-state index in [2.05, 4.69) is 11.9 Å². The van der Waals surface area contributed by atoms with Gasteiger partial charge in [0.1, 0.15) is 0 Å². The second kappa shape index (κ2) is 4.83. The Morgan fingerprint density at radius 1 is 1.57 bits per heavy atom. The number of guanidine groups is 2. The lowest BCUT2D eigenvalue weighted by molar-refractivity contribution is 0.250. The molecule has 0 spiro atoms. The predicted molar refractivity (Wildman–Crippen MR) is 58.1 cm³/mol. The van der Waals surface area contributed by atoms with Crippen LogP contribution in [0.3, 0.4) is 0 Å². The summed E-state index contributed by atoms with van der Waals surface area (Å²) < 4.78 is 0. The second-order valence-electron chi connectivity index (χ2n) is 3.72. The summed E-state index contributed by atoms with van der Waals surface area (Å²) in [5.41, 5.74) is 10.5. The molecule has 0 aliphatic carbocycles. The van der Waals surface area contributed by atoms with Crippen LogP contribution >= 0.6 is 0 Å². The van der Waals surface area contributed by atoms with Gasteiger partial charge in [-0.05, 0) is 18.8 Å². The molecule has 1 saturated heterocycles. The molecule has 1 aliphatic heterocycles. The highest BCUT2D eigenvalue weighted by Gasteiger charge is 2.20. The molecular formula is C9H19N5. The first kappa shape index (κ1) is 10.8. The molecule has 0 amide bonds. The molecule has 1 rings (SSSR count). The van der Waals surface area contributed by atoms with Crippen molar-refractivity contribution in [3.8, 4) is 0 Å². The Labute approximate surface area is 84.7 Å². The maximum absolute atomic E-state index is 7.66. The maximum atomic E-state index is 7.66. The minimum atomic E-state index is -0.0337. The van der Waals surface area contributed by atoms with Gasteiger partial charge in [0, 0.05) is 13.1 Å². The lowest BCUT2D eigenvalue weighted by Gasteiger charge is -2.32. The van der Waals surface area contributed by atoms with Gasteiger partial charge in [0.25, 0.3) is 0 Å². The molecule has 0 aromatic carbocycles. The first-order valence-corrected chi connectivity index (χ1v) is 5.06. The fraction of sp³-hybridized carbons (Fsp3) is 0.778. The molecule has 1 heterocycles. The summed E-state index contributed by atoms with van der Waals surface area (Å²) in [6, 6.07) is 0. The van der Waals surface area contributed by atoms with E-state index in [1.807, 2.05) is 4.90 Å². The number of piperidine rings is 1. The summed E-state index contributed by atoms with van der Waals surface area (Å²) in [4.78, 5) is 5.69. The molecule has 1 unspecified atom stereocenters. The number of nitrogens with two attached hydrogens (primary N) is 2. The van der Waals surface area contributed by atoms with Crippen LogP contribution in [-0.4, -0.2) is 29.9 Å². The van der Waals surface area contributed by atoms with E-state index in [9.17, 15) is 0 Å². The van der Waals surface area contributed by atoms with Crippen LogP contribution in [0.5, 0.6) is 0 Å². The van der Waals surface area contributed by atoms with Gasteiger partial charge < -0.3 is 16.4 Å². The predicted octanol–water partition coefficient (Wildman–Crippen LogP) is 0.317. The zero-order valence-corrected chi connectivity index (χ0v) is 8.66. The van der Waals surface area contributed by atoms with Gasteiger partial charge in [-0.2, -0.15) is 4.99 Å². The number of aliphatic imine (C=N–C) groups is 1. The Morgan fingerprint density at radius 2 is 2.29 bits per heavy atom. The molecule has 5 nitrogen and oxygen atoms in total. The number of hydrogen-bond donors (Lipinski definition) is 3. The van der Waals surface area contributed by atoms with Crippen LogP contribution in [0.4, 0.5) is 0 Å². The van der Waals surface area contributed by atoms with Crippen LogP contribution < -0.4 is 11.5 Å². The largest absolute Gasteiger partial charge is 0.370 e. The third kappa shape index (κ3) is 2.90. The molecule has 14 heavy (non-hydrogen) atoms. The van der Waals surface area contributed by atoms with Crippen molar-refractivity contribution < 1.29 is 0 Å². The Kier molecular flexibility index (Phi) is 3.73. The van der Waals surface area contributed by atoms with Gasteiger partial charge in [0.05, 0.1) is 0 Å². The Bertz CT molecular complexity index is 231. The van der Waals surface area contributed by atoms with Crippen LogP contribution in [0.25, 0.3) is 0 Å². The third-order valence-corrected chi connectivity index (χ3v) is 2.63. The van der Waals surface area contributed by atoms with Crippen LogP contribution in [0.1, 0.15) is 26.2 Å². The zero-order chi connectivity index (χ0) is 10.6. The average Bonchev–Trinajstić information content (AvgIpc) is 2.17. The Balaban J connectivity index is 2.51. The fourth-order valence-corrected chi connectivity index (χ4v) is 1.78. The molecule has 1 aliphatic rings. The van der Waals surface area contributed by atoms with E-state index in [4.69, 9.17) is 16.9 Å². The molecule has 1 fully saturated rings. The number of rotatable bonds is 1. The van der Waals surface area contributed by atoms with Crippen LogP contribution in [0.2, 0.25) is 0 Å². The molecule has 80 valence electrons. The molecule has 5 N–H and O–H groups in total. The van der Waals surface area contributed by atoms with Crippen LogP contribution in [0, 0.1) is 11.3 Å². The molecule has 0 aromatic heterocycles. The van der Waals surface area contributed by atoms with E-state index < -0.39 is 0 Å². The normalized spacial score (nSPS) is 21.8. The quantitative estimate of drug-likeness (QED) is 0.417. The van der Waals surface area contributed by atoms with Gasteiger partial charge in [0.2, 0.25) is 5.96 Å². The lowest BCUT2D eigenvalue weighted by Crippen LogP contribution is -2.40. The molecule has 0 saturated carbocycles. The first-order valence-electron chi connectivity index (χ1n) is 5.06. The summed E-state index contributed by atoms with van der Waals surface area (Å²) in [6.45, 7) is 3.98. The van der Waals surface area contributed by atoms with Gasteiger partial charge in [0.15, 0.2) is 5.96 Å². The van der Waals surface area contributed by atoms with Gasteiger partial charge in [-0.3, -0.25) is 5.41 Å². The number of nitrogens with one attached hydrogen (secondary N) is 1. The molecule has 0 aromatic rings. The molecule has 0 radical (unpaired) electrons. The standard InChI is InChI=1S/C9H19N5/c1-2-7-4-3-5-14(6-7)9(12)13-8(10)11/h7H,2-6H2,1H3,(H5,10,11,12,13).